The van der Waals surface area contributed by atoms with Gasteiger partial charge >= 0.3 is 0 Å². The van der Waals surface area contributed by atoms with E-state index in [1.165, 1.54) is 60.5 Å². The number of para-hydroxylation sites is 1. The summed E-state index contributed by atoms with van der Waals surface area (Å²) in [5.74, 6) is 0. The van der Waals surface area contributed by atoms with Crippen LogP contribution in [0.5, 0.6) is 0 Å². The molecule has 0 atom stereocenters. The van der Waals surface area contributed by atoms with E-state index in [0.717, 1.165) is 34.1 Å². The van der Waals surface area contributed by atoms with Crippen LogP contribution in [0.15, 0.2) is 200 Å². The SMILES string of the molecule is Cc1ccc(N(c2ccc(-c3cccc4c(N(c5ccccc5)c5ccc6c(c5)C(C)(C)c5ccccc5-6)cccc34)cc2)c2cccc3ccccc23)cc1. The van der Waals surface area contributed by atoms with Crippen LogP contribution in [0.2, 0.25) is 0 Å². The van der Waals surface area contributed by atoms with Crippen LogP contribution in [0.1, 0.15) is 30.5 Å². The second-order valence-corrected chi connectivity index (χ2v) is 15.5. The number of aryl methyl sites for hydroxylation is 1. The zero-order valence-electron chi connectivity index (χ0n) is 31.9. The predicted octanol–water partition coefficient (Wildman–Crippen LogP) is 15.2. The molecule has 0 radical (unpaired) electrons. The summed E-state index contributed by atoms with van der Waals surface area (Å²) in [6.07, 6.45) is 0. The molecule has 9 aromatic carbocycles. The van der Waals surface area contributed by atoms with Crippen molar-refractivity contribution in [2.45, 2.75) is 26.2 Å². The summed E-state index contributed by atoms with van der Waals surface area (Å²) < 4.78 is 0. The second-order valence-electron chi connectivity index (χ2n) is 15.5. The third-order valence-corrected chi connectivity index (χ3v) is 11.7. The topological polar surface area (TPSA) is 6.48 Å². The average molecular weight is 719 g/mol. The van der Waals surface area contributed by atoms with Gasteiger partial charge in [0, 0.05) is 38.9 Å². The smallest absolute Gasteiger partial charge is 0.0540 e. The molecule has 0 spiro atoms. The van der Waals surface area contributed by atoms with E-state index in [-0.39, 0.29) is 5.41 Å². The van der Waals surface area contributed by atoms with Crippen molar-refractivity contribution in [2.75, 3.05) is 9.80 Å². The van der Waals surface area contributed by atoms with Gasteiger partial charge in [0.05, 0.1) is 11.4 Å². The molecular weight excluding hydrogens is 677 g/mol. The first-order valence-electron chi connectivity index (χ1n) is 19.5. The molecule has 0 aromatic heterocycles. The second kappa shape index (κ2) is 13.4. The lowest BCUT2D eigenvalue weighted by molar-refractivity contribution is 0.660. The Bertz CT molecular complexity index is 2880. The van der Waals surface area contributed by atoms with Crippen molar-refractivity contribution in [1.82, 2.24) is 0 Å². The van der Waals surface area contributed by atoms with Crippen LogP contribution in [-0.4, -0.2) is 0 Å². The first kappa shape index (κ1) is 33.7. The number of anilines is 6. The highest BCUT2D eigenvalue weighted by molar-refractivity contribution is 6.06. The van der Waals surface area contributed by atoms with Crippen molar-refractivity contribution in [3.63, 3.8) is 0 Å². The van der Waals surface area contributed by atoms with Gasteiger partial charge in [0.1, 0.15) is 0 Å². The van der Waals surface area contributed by atoms with Crippen LogP contribution in [0, 0.1) is 6.92 Å². The molecule has 2 heteroatoms. The van der Waals surface area contributed by atoms with Gasteiger partial charge in [-0.3, -0.25) is 0 Å². The maximum absolute atomic E-state index is 2.43. The fourth-order valence-electron chi connectivity index (χ4n) is 8.89. The minimum atomic E-state index is -0.0922. The number of hydrogen-bond acceptors (Lipinski definition) is 2. The van der Waals surface area contributed by atoms with E-state index in [1.807, 2.05) is 0 Å². The summed E-state index contributed by atoms with van der Waals surface area (Å²) in [7, 11) is 0. The van der Waals surface area contributed by atoms with E-state index in [2.05, 4.69) is 231 Å². The fourth-order valence-corrected chi connectivity index (χ4v) is 8.89. The zero-order valence-corrected chi connectivity index (χ0v) is 31.9. The normalized spacial score (nSPS) is 12.7. The van der Waals surface area contributed by atoms with E-state index >= 15 is 0 Å². The third-order valence-electron chi connectivity index (χ3n) is 11.7. The summed E-state index contributed by atoms with van der Waals surface area (Å²) in [5, 5.41) is 4.87. The Balaban J connectivity index is 1.08. The molecule has 0 fully saturated rings. The molecule has 0 heterocycles. The van der Waals surface area contributed by atoms with E-state index in [1.54, 1.807) is 0 Å². The molecule has 1 aliphatic carbocycles. The molecule has 0 aliphatic heterocycles. The number of nitrogens with zero attached hydrogens (tertiary/aromatic N) is 2. The maximum atomic E-state index is 2.43. The van der Waals surface area contributed by atoms with Crippen LogP contribution in [0.4, 0.5) is 34.1 Å². The van der Waals surface area contributed by atoms with Gasteiger partial charge in [-0.1, -0.05) is 159 Å². The molecule has 0 amide bonds. The minimum Gasteiger partial charge on any atom is -0.310 e. The highest BCUT2D eigenvalue weighted by atomic mass is 15.1. The first-order valence-corrected chi connectivity index (χ1v) is 19.5. The fraction of sp³-hybridized carbons (Fsp3) is 0.0741. The first-order chi connectivity index (χ1) is 27.5. The molecular formula is C54H42N2. The molecule has 0 N–H and O–H groups in total. The minimum absolute atomic E-state index is 0.0922. The molecule has 10 rings (SSSR count). The Labute approximate surface area is 329 Å². The van der Waals surface area contributed by atoms with Crippen molar-refractivity contribution >= 4 is 55.7 Å². The standard InChI is InChI=1S/C54H42N2/c1-37-26-30-41(31-27-37)55(52-24-11-15-38-14-7-8-18-45(38)52)42-32-28-39(29-33-42)44-20-12-22-49-46(44)21-13-25-53(49)56(40-16-5-4-6-17-40)43-34-35-48-47-19-9-10-23-50(47)54(2,3)51(48)36-43/h4-36H,1-3H3. The highest BCUT2D eigenvalue weighted by Gasteiger charge is 2.35. The van der Waals surface area contributed by atoms with Crippen molar-refractivity contribution in [1.29, 1.82) is 0 Å². The zero-order chi connectivity index (χ0) is 37.8. The lowest BCUT2D eigenvalue weighted by Gasteiger charge is -2.29. The molecule has 268 valence electrons. The third kappa shape index (κ3) is 5.57. The Morgan fingerprint density at radius 3 is 1.68 bits per heavy atom. The van der Waals surface area contributed by atoms with Crippen LogP contribution in [0.25, 0.3) is 43.8 Å². The Kier molecular flexibility index (Phi) is 8.08. The number of fused-ring (bicyclic) bond motifs is 5. The van der Waals surface area contributed by atoms with Gasteiger partial charge in [-0.25, -0.2) is 0 Å². The van der Waals surface area contributed by atoms with Crippen molar-refractivity contribution in [3.05, 3.63) is 217 Å². The van der Waals surface area contributed by atoms with E-state index in [0.29, 0.717) is 0 Å². The van der Waals surface area contributed by atoms with Gasteiger partial charge in [0.15, 0.2) is 0 Å². The molecule has 0 saturated heterocycles. The largest absolute Gasteiger partial charge is 0.310 e. The summed E-state index contributed by atoms with van der Waals surface area (Å²) in [6.45, 7) is 6.85. The lowest BCUT2D eigenvalue weighted by atomic mass is 9.82. The number of rotatable bonds is 7. The molecule has 2 nitrogen and oxygen atoms in total. The van der Waals surface area contributed by atoms with Gasteiger partial charge in [0.2, 0.25) is 0 Å². The van der Waals surface area contributed by atoms with Crippen LogP contribution < -0.4 is 9.80 Å². The monoisotopic (exact) mass is 718 g/mol. The summed E-state index contributed by atoms with van der Waals surface area (Å²) in [5.41, 5.74) is 15.8. The summed E-state index contributed by atoms with van der Waals surface area (Å²) in [6, 6.07) is 73.2. The van der Waals surface area contributed by atoms with Crippen molar-refractivity contribution in [3.8, 4) is 22.3 Å². The van der Waals surface area contributed by atoms with Gasteiger partial charge < -0.3 is 9.80 Å². The highest BCUT2D eigenvalue weighted by Crippen LogP contribution is 2.51. The summed E-state index contributed by atoms with van der Waals surface area (Å²) >= 11 is 0. The quantitative estimate of drug-likeness (QED) is 0.162. The Morgan fingerprint density at radius 1 is 0.357 bits per heavy atom. The molecule has 56 heavy (non-hydrogen) atoms. The number of benzene rings is 9. The molecule has 0 bridgehead atoms. The number of hydrogen-bond donors (Lipinski definition) is 0. The van der Waals surface area contributed by atoms with Crippen molar-refractivity contribution < 1.29 is 0 Å². The molecule has 0 saturated carbocycles. The van der Waals surface area contributed by atoms with Crippen LogP contribution in [-0.2, 0) is 5.41 Å². The van der Waals surface area contributed by atoms with Crippen molar-refractivity contribution in [2.24, 2.45) is 0 Å². The van der Waals surface area contributed by atoms with E-state index in [4.69, 9.17) is 0 Å². The predicted molar refractivity (Wildman–Crippen MR) is 239 cm³/mol. The van der Waals surface area contributed by atoms with Gasteiger partial charge in [0.25, 0.3) is 0 Å². The lowest BCUT2D eigenvalue weighted by Crippen LogP contribution is -2.16. The Hall–Kier alpha value is -6.90. The Morgan fingerprint density at radius 2 is 0.875 bits per heavy atom. The van der Waals surface area contributed by atoms with Gasteiger partial charge in [-0.2, -0.15) is 0 Å². The van der Waals surface area contributed by atoms with Gasteiger partial charge in [-0.15, -0.1) is 0 Å². The van der Waals surface area contributed by atoms with E-state index < -0.39 is 0 Å². The average Bonchev–Trinajstić information content (AvgIpc) is 3.47. The van der Waals surface area contributed by atoms with Gasteiger partial charge in [-0.05, 0) is 112 Å². The van der Waals surface area contributed by atoms with Crippen LogP contribution in [0.3, 0.4) is 0 Å². The van der Waals surface area contributed by atoms with E-state index in [9.17, 15) is 0 Å². The molecule has 0 unspecified atom stereocenters. The van der Waals surface area contributed by atoms with Crippen LogP contribution >= 0.6 is 0 Å². The summed E-state index contributed by atoms with van der Waals surface area (Å²) in [4.78, 5) is 4.80. The molecule has 9 aromatic rings. The molecule has 1 aliphatic rings. The maximum Gasteiger partial charge on any atom is 0.0540 e.